The van der Waals surface area contributed by atoms with Gasteiger partial charge in [0.2, 0.25) is 5.91 Å². The Morgan fingerprint density at radius 3 is 2.45 bits per heavy atom. The summed E-state index contributed by atoms with van der Waals surface area (Å²) < 4.78 is 7.74. The molecule has 0 aliphatic heterocycles. The number of anilines is 1. The van der Waals surface area contributed by atoms with Gasteiger partial charge in [0.1, 0.15) is 12.4 Å². The van der Waals surface area contributed by atoms with Gasteiger partial charge in [0.05, 0.1) is 21.5 Å². The van der Waals surface area contributed by atoms with E-state index in [1.54, 1.807) is 6.08 Å². The molecule has 0 fully saturated rings. The van der Waals surface area contributed by atoms with Crippen LogP contribution in [0.15, 0.2) is 54.2 Å². The van der Waals surface area contributed by atoms with Gasteiger partial charge in [0.25, 0.3) is 0 Å². The van der Waals surface area contributed by atoms with Gasteiger partial charge in [-0.1, -0.05) is 78.6 Å². The number of thioether (sulfide) groups is 1. The number of hydrogen-bond acceptors (Lipinski definition) is 5. The molecular formula is C23H23Cl3N4O2S. The zero-order valence-electron chi connectivity index (χ0n) is 18.1. The smallest absolute Gasteiger partial charge is 0.234 e. The molecule has 3 rings (SSSR count). The van der Waals surface area contributed by atoms with E-state index in [1.165, 1.54) is 29.5 Å². The Morgan fingerprint density at radius 1 is 1.18 bits per heavy atom. The molecule has 0 saturated heterocycles. The number of rotatable bonds is 10. The van der Waals surface area contributed by atoms with Crippen molar-refractivity contribution in [2.45, 2.75) is 38.1 Å². The molecule has 0 unspecified atom stereocenters. The Hall–Kier alpha value is -2.19. The highest BCUT2D eigenvalue weighted by atomic mass is 35.5. The Kier molecular flexibility index (Phi) is 9.09. The van der Waals surface area contributed by atoms with Gasteiger partial charge in [-0.3, -0.25) is 9.36 Å². The van der Waals surface area contributed by atoms with E-state index in [-0.39, 0.29) is 28.3 Å². The summed E-state index contributed by atoms with van der Waals surface area (Å²) in [5.41, 5.74) is 1.56. The van der Waals surface area contributed by atoms with Gasteiger partial charge < -0.3 is 10.1 Å². The standard InChI is InChI=1S/C23H23Cl3N4O2S/c1-4-9-30-20(12-32-17-7-5-15(6-8-17)14(2)3)28-29-23(30)33-13-21(31)27-22-18(25)10-16(24)11-19(22)26/h4-8,10-11,14H,1,9,12-13H2,2-3H3,(H,27,31). The van der Waals surface area contributed by atoms with Crippen LogP contribution in [-0.2, 0) is 17.9 Å². The number of aromatic nitrogens is 3. The number of amides is 1. The van der Waals surface area contributed by atoms with Crippen LogP contribution in [0.2, 0.25) is 15.1 Å². The summed E-state index contributed by atoms with van der Waals surface area (Å²) >= 11 is 19.4. The first-order valence-corrected chi connectivity index (χ1v) is 12.2. The van der Waals surface area contributed by atoms with Gasteiger partial charge in [0.15, 0.2) is 11.0 Å². The monoisotopic (exact) mass is 524 g/mol. The van der Waals surface area contributed by atoms with E-state index < -0.39 is 0 Å². The predicted octanol–water partition coefficient (Wildman–Crippen LogP) is 6.86. The van der Waals surface area contributed by atoms with Gasteiger partial charge >= 0.3 is 0 Å². The van der Waals surface area contributed by atoms with Gasteiger partial charge in [-0.15, -0.1) is 16.8 Å². The topological polar surface area (TPSA) is 69.0 Å². The highest BCUT2D eigenvalue weighted by Gasteiger charge is 2.16. The second-order valence-corrected chi connectivity index (χ2v) is 9.59. The molecule has 1 heterocycles. The minimum atomic E-state index is -0.290. The van der Waals surface area contributed by atoms with Crippen LogP contribution in [0.1, 0.15) is 31.2 Å². The lowest BCUT2D eigenvalue weighted by molar-refractivity contribution is -0.113. The summed E-state index contributed by atoms with van der Waals surface area (Å²) in [6, 6.07) is 11.0. The average Bonchev–Trinajstić information content (AvgIpc) is 3.15. The normalized spacial score (nSPS) is 11.0. The second kappa shape index (κ2) is 11.8. The highest BCUT2D eigenvalue weighted by Crippen LogP contribution is 2.34. The van der Waals surface area contributed by atoms with E-state index in [0.29, 0.717) is 34.2 Å². The Balaban J connectivity index is 1.63. The number of benzene rings is 2. The van der Waals surface area contributed by atoms with Crippen LogP contribution in [0.3, 0.4) is 0 Å². The molecule has 0 atom stereocenters. The number of hydrogen-bond donors (Lipinski definition) is 1. The molecule has 3 aromatic rings. The van der Waals surface area contributed by atoms with Crippen molar-refractivity contribution in [2.24, 2.45) is 0 Å². The van der Waals surface area contributed by atoms with Crippen LogP contribution in [0.25, 0.3) is 0 Å². The molecule has 0 saturated carbocycles. The van der Waals surface area contributed by atoms with Crippen molar-refractivity contribution in [3.05, 3.63) is 75.5 Å². The van der Waals surface area contributed by atoms with E-state index in [2.05, 4.69) is 35.9 Å². The van der Waals surface area contributed by atoms with E-state index in [1.807, 2.05) is 28.8 Å². The number of ether oxygens (including phenoxy) is 1. The fourth-order valence-electron chi connectivity index (χ4n) is 2.91. The summed E-state index contributed by atoms with van der Waals surface area (Å²) in [5.74, 6) is 1.63. The molecule has 1 N–H and O–H groups in total. The molecule has 2 aromatic carbocycles. The first-order chi connectivity index (χ1) is 15.8. The molecule has 0 aliphatic rings. The average molecular weight is 526 g/mol. The Morgan fingerprint density at radius 2 is 1.85 bits per heavy atom. The van der Waals surface area contributed by atoms with Crippen molar-refractivity contribution in [2.75, 3.05) is 11.1 Å². The van der Waals surface area contributed by atoms with E-state index in [4.69, 9.17) is 39.5 Å². The van der Waals surface area contributed by atoms with Crippen molar-refractivity contribution in [3.8, 4) is 5.75 Å². The summed E-state index contributed by atoms with van der Waals surface area (Å²) in [7, 11) is 0. The molecule has 0 aliphatic carbocycles. The van der Waals surface area contributed by atoms with Crippen molar-refractivity contribution in [1.82, 2.24) is 14.8 Å². The first kappa shape index (κ1) is 25.4. The number of nitrogens with one attached hydrogen (secondary N) is 1. The zero-order valence-corrected chi connectivity index (χ0v) is 21.2. The third kappa shape index (κ3) is 6.90. The molecule has 0 bridgehead atoms. The molecule has 33 heavy (non-hydrogen) atoms. The Labute approximate surface area is 212 Å². The number of allylic oxidation sites excluding steroid dienone is 1. The summed E-state index contributed by atoms with van der Waals surface area (Å²) in [6.45, 7) is 8.81. The molecule has 10 heteroatoms. The van der Waals surface area contributed by atoms with Crippen LogP contribution in [-0.4, -0.2) is 26.4 Å². The quantitative estimate of drug-likeness (QED) is 0.231. The van der Waals surface area contributed by atoms with Crippen molar-refractivity contribution < 1.29 is 9.53 Å². The minimum absolute atomic E-state index is 0.0854. The summed E-state index contributed by atoms with van der Waals surface area (Å²) in [6.07, 6.45) is 1.74. The largest absolute Gasteiger partial charge is 0.486 e. The molecule has 1 amide bonds. The van der Waals surface area contributed by atoms with Crippen LogP contribution in [0, 0.1) is 0 Å². The SMILES string of the molecule is C=CCn1c(COc2ccc(C(C)C)cc2)nnc1SCC(=O)Nc1c(Cl)cc(Cl)cc1Cl. The second-order valence-electron chi connectivity index (χ2n) is 7.39. The minimum Gasteiger partial charge on any atom is -0.486 e. The van der Waals surface area contributed by atoms with Crippen LogP contribution in [0.5, 0.6) is 5.75 Å². The van der Waals surface area contributed by atoms with Crippen LogP contribution >= 0.6 is 46.6 Å². The number of halogens is 3. The number of carbonyl (C=O) groups is 1. The van der Waals surface area contributed by atoms with Gasteiger partial charge in [0, 0.05) is 11.6 Å². The molecule has 0 spiro atoms. The lowest BCUT2D eigenvalue weighted by Crippen LogP contribution is -2.15. The molecule has 1 aromatic heterocycles. The number of carbonyl (C=O) groups excluding carboxylic acids is 1. The highest BCUT2D eigenvalue weighted by molar-refractivity contribution is 7.99. The van der Waals surface area contributed by atoms with Crippen molar-refractivity contribution in [1.29, 1.82) is 0 Å². The fourth-order valence-corrected chi connectivity index (χ4v) is 4.59. The van der Waals surface area contributed by atoms with Gasteiger partial charge in [-0.2, -0.15) is 0 Å². The maximum absolute atomic E-state index is 12.5. The summed E-state index contributed by atoms with van der Waals surface area (Å²) in [5, 5.41) is 12.6. The lowest BCUT2D eigenvalue weighted by Gasteiger charge is -2.11. The maximum Gasteiger partial charge on any atom is 0.234 e. The predicted molar refractivity (Wildman–Crippen MR) is 136 cm³/mol. The third-order valence-electron chi connectivity index (χ3n) is 4.62. The van der Waals surface area contributed by atoms with E-state index >= 15 is 0 Å². The maximum atomic E-state index is 12.5. The first-order valence-electron chi connectivity index (χ1n) is 10.1. The molecular weight excluding hydrogens is 503 g/mol. The molecule has 6 nitrogen and oxygen atoms in total. The fraction of sp³-hybridized carbons (Fsp3) is 0.261. The van der Waals surface area contributed by atoms with Gasteiger partial charge in [-0.25, -0.2) is 0 Å². The van der Waals surface area contributed by atoms with Crippen LogP contribution < -0.4 is 10.1 Å². The van der Waals surface area contributed by atoms with Crippen molar-refractivity contribution >= 4 is 58.2 Å². The van der Waals surface area contributed by atoms with E-state index in [0.717, 1.165) is 5.75 Å². The Bertz CT molecular complexity index is 1110. The lowest BCUT2D eigenvalue weighted by atomic mass is 10.0. The molecule has 174 valence electrons. The zero-order chi connectivity index (χ0) is 24.0. The van der Waals surface area contributed by atoms with E-state index in [9.17, 15) is 4.79 Å². The third-order valence-corrected chi connectivity index (χ3v) is 6.40. The van der Waals surface area contributed by atoms with Crippen molar-refractivity contribution in [3.63, 3.8) is 0 Å². The number of nitrogens with zero attached hydrogens (tertiary/aromatic N) is 3. The van der Waals surface area contributed by atoms with Crippen LogP contribution in [0.4, 0.5) is 5.69 Å². The van der Waals surface area contributed by atoms with Gasteiger partial charge in [-0.05, 0) is 35.7 Å². The molecule has 0 radical (unpaired) electrons. The summed E-state index contributed by atoms with van der Waals surface area (Å²) in [4.78, 5) is 12.5.